The zero-order chi connectivity index (χ0) is 26.0. The predicted octanol–water partition coefficient (Wildman–Crippen LogP) is 5.54. The maximum absolute atomic E-state index is 14.5. The van der Waals surface area contributed by atoms with Crippen LogP contribution in [0.3, 0.4) is 0 Å². The van der Waals surface area contributed by atoms with Crippen molar-refractivity contribution in [3.8, 4) is 0 Å². The number of aromatic nitrogens is 1. The number of benzene rings is 3. The number of ketones is 3. The number of hydrogen-bond donors (Lipinski definition) is 0. The number of hydrogen-bond acceptors (Lipinski definition) is 5. The minimum Gasteiger partial charge on any atom is -0.352 e. The molecule has 184 valence electrons. The van der Waals surface area contributed by atoms with Gasteiger partial charge in [0.1, 0.15) is 17.3 Å². The van der Waals surface area contributed by atoms with Crippen LogP contribution in [0.5, 0.6) is 0 Å². The number of pyridine rings is 1. The molecule has 3 heterocycles. The fourth-order valence-corrected chi connectivity index (χ4v) is 6.65. The highest BCUT2D eigenvalue weighted by atomic mass is 19.1. The minimum atomic E-state index is -1.59. The van der Waals surface area contributed by atoms with Gasteiger partial charge in [0.2, 0.25) is 0 Å². The molecule has 0 N–H and O–H groups in total. The van der Waals surface area contributed by atoms with Gasteiger partial charge in [0, 0.05) is 46.3 Å². The summed E-state index contributed by atoms with van der Waals surface area (Å²) in [5, 5.41) is 0. The molecule has 7 rings (SSSR count). The van der Waals surface area contributed by atoms with Crippen LogP contribution in [0.25, 0.3) is 6.08 Å². The van der Waals surface area contributed by atoms with Crippen LogP contribution in [0.1, 0.15) is 48.1 Å². The van der Waals surface area contributed by atoms with Crippen molar-refractivity contribution < 1.29 is 18.8 Å². The van der Waals surface area contributed by atoms with Crippen LogP contribution in [0.4, 0.5) is 10.1 Å². The lowest BCUT2D eigenvalue weighted by molar-refractivity contribution is 0.0666. The average Bonchev–Trinajstić information content (AvgIpc) is 3.39. The van der Waals surface area contributed by atoms with Gasteiger partial charge in [0.05, 0.1) is 6.04 Å². The van der Waals surface area contributed by atoms with E-state index in [-0.39, 0.29) is 17.3 Å². The van der Waals surface area contributed by atoms with Gasteiger partial charge in [-0.15, -0.1) is 0 Å². The van der Waals surface area contributed by atoms with Crippen LogP contribution in [0.2, 0.25) is 0 Å². The van der Waals surface area contributed by atoms with E-state index in [2.05, 4.69) is 4.98 Å². The van der Waals surface area contributed by atoms with E-state index in [1.54, 1.807) is 85.2 Å². The maximum atomic E-state index is 14.5. The number of nitrogens with zero attached hydrogens (tertiary/aromatic N) is 2. The Hall–Kier alpha value is -4.71. The Morgan fingerprint density at radius 3 is 2.26 bits per heavy atom. The molecule has 1 aromatic heterocycles. The Balaban J connectivity index is 1.55. The zero-order valence-electron chi connectivity index (χ0n) is 20.1. The molecule has 1 fully saturated rings. The van der Waals surface area contributed by atoms with Gasteiger partial charge in [0.15, 0.2) is 17.3 Å². The fraction of sp³-hybridized carbons (Fsp3) is 0.125. The first kappa shape index (κ1) is 22.5. The Morgan fingerprint density at radius 1 is 0.868 bits per heavy atom. The first-order chi connectivity index (χ1) is 18.5. The summed E-state index contributed by atoms with van der Waals surface area (Å²) in [7, 11) is 0. The van der Waals surface area contributed by atoms with Crippen molar-refractivity contribution in [3.05, 3.63) is 137 Å². The number of anilines is 1. The summed E-state index contributed by atoms with van der Waals surface area (Å²) in [6.45, 7) is 0. The molecule has 1 saturated heterocycles. The second-order valence-corrected chi connectivity index (χ2v) is 9.93. The van der Waals surface area contributed by atoms with Crippen molar-refractivity contribution in [2.75, 3.05) is 4.90 Å². The quantitative estimate of drug-likeness (QED) is 0.273. The molecule has 2 aliphatic heterocycles. The van der Waals surface area contributed by atoms with E-state index in [1.165, 1.54) is 12.1 Å². The number of fused-ring (bicyclic) bond motifs is 5. The number of carbonyl (C=O) groups is 3. The molecule has 3 aliphatic rings. The zero-order valence-corrected chi connectivity index (χ0v) is 20.1. The third kappa shape index (κ3) is 2.85. The highest BCUT2D eigenvalue weighted by molar-refractivity contribution is 6.32. The van der Waals surface area contributed by atoms with E-state index in [0.29, 0.717) is 33.5 Å². The van der Waals surface area contributed by atoms with E-state index in [1.807, 2.05) is 17.0 Å². The van der Waals surface area contributed by atoms with Crippen LogP contribution < -0.4 is 4.90 Å². The van der Waals surface area contributed by atoms with Crippen molar-refractivity contribution >= 4 is 29.1 Å². The van der Waals surface area contributed by atoms with Crippen LogP contribution in [-0.4, -0.2) is 34.4 Å². The SMILES string of the molecule is O=C(c1ccccc1)[C@H]1[C@H](c2cccnc2)C2(C(=O)c3ccccc3C2=O)[C@H]2C=Cc3cc(F)ccc3N12. The van der Waals surface area contributed by atoms with Crippen LogP contribution in [-0.2, 0) is 0 Å². The van der Waals surface area contributed by atoms with Gasteiger partial charge in [-0.3, -0.25) is 19.4 Å². The number of carbonyl (C=O) groups excluding carboxylic acids is 3. The van der Waals surface area contributed by atoms with Gasteiger partial charge in [0.25, 0.3) is 0 Å². The molecular formula is C32H21FN2O3. The van der Waals surface area contributed by atoms with Crippen molar-refractivity contribution in [1.82, 2.24) is 4.98 Å². The first-order valence-electron chi connectivity index (χ1n) is 12.5. The molecule has 0 amide bonds. The lowest BCUT2D eigenvalue weighted by Gasteiger charge is -2.37. The molecule has 6 heteroatoms. The Kier molecular flexibility index (Phi) is 4.82. The normalized spacial score (nSPS) is 22.3. The van der Waals surface area contributed by atoms with E-state index in [4.69, 9.17) is 0 Å². The van der Waals surface area contributed by atoms with Crippen molar-refractivity contribution in [2.45, 2.75) is 18.0 Å². The summed E-state index contributed by atoms with van der Waals surface area (Å²) >= 11 is 0. The van der Waals surface area contributed by atoms with Gasteiger partial charge in [-0.05, 0) is 29.8 Å². The largest absolute Gasteiger partial charge is 0.352 e. The lowest BCUT2D eigenvalue weighted by Crippen LogP contribution is -2.48. The average molecular weight is 501 g/mol. The van der Waals surface area contributed by atoms with Crippen LogP contribution >= 0.6 is 0 Å². The summed E-state index contributed by atoms with van der Waals surface area (Å²) < 4.78 is 14.3. The van der Waals surface area contributed by atoms with Gasteiger partial charge in [-0.2, -0.15) is 0 Å². The topological polar surface area (TPSA) is 67.3 Å². The monoisotopic (exact) mass is 500 g/mol. The number of Topliss-reactive ketones (excluding diaryl/α,β-unsaturated/α-hetero) is 3. The molecule has 0 radical (unpaired) electrons. The van der Waals surface area contributed by atoms with E-state index >= 15 is 0 Å². The van der Waals surface area contributed by atoms with E-state index < -0.39 is 29.2 Å². The van der Waals surface area contributed by atoms with Gasteiger partial charge >= 0.3 is 0 Å². The van der Waals surface area contributed by atoms with Crippen LogP contribution in [0, 0.1) is 11.2 Å². The smallest absolute Gasteiger partial charge is 0.185 e. The number of rotatable bonds is 3. The molecule has 4 aromatic rings. The van der Waals surface area contributed by atoms with Crippen molar-refractivity contribution in [3.63, 3.8) is 0 Å². The molecule has 3 atom stereocenters. The summed E-state index contributed by atoms with van der Waals surface area (Å²) in [5.41, 5.74) is 1.41. The fourth-order valence-electron chi connectivity index (χ4n) is 6.65. The molecule has 38 heavy (non-hydrogen) atoms. The molecule has 0 bridgehead atoms. The molecule has 5 nitrogen and oxygen atoms in total. The number of halogens is 1. The molecule has 1 aliphatic carbocycles. The lowest BCUT2D eigenvalue weighted by atomic mass is 9.64. The summed E-state index contributed by atoms with van der Waals surface area (Å²) in [5.74, 6) is -2.07. The Bertz CT molecular complexity index is 1630. The predicted molar refractivity (Wildman–Crippen MR) is 141 cm³/mol. The Morgan fingerprint density at radius 2 is 1.58 bits per heavy atom. The van der Waals surface area contributed by atoms with E-state index in [0.717, 1.165) is 0 Å². The van der Waals surface area contributed by atoms with Crippen LogP contribution in [0.15, 0.2) is 103 Å². The third-order valence-electron chi connectivity index (χ3n) is 8.14. The van der Waals surface area contributed by atoms with Crippen molar-refractivity contribution in [2.24, 2.45) is 5.41 Å². The molecular weight excluding hydrogens is 479 g/mol. The highest BCUT2D eigenvalue weighted by Crippen LogP contribution is 2.60. The summed E-state index contributed by atoms with van der Waals surface area (Å²) in [6, 6.07) is 22.0. The van der Waals surface area contributed by atoms with Crippen molar-refractivity contribution in [1.29, 1.82) is 0 Å². The second kappa shape index (κ2) is 8.15. The van der Waals surface area contributed by atoms with Gasteiger partial charge in [-0.1, -0.05) is 72.8 Å². The van der Waals surface area contributed by atoms with Gasteiger partial charge < -0.3 is 4.90 Å². The molecule has 3 aromatic carbocycles. The van der Waals surface area contributed by atoms with Gasteiger partial charge in [-0.25, -0.2) is 4.39 Å². The Labute approximate surface area is 218 Å². The second-order valence-electron chi connectivity index (χ2n) is 9.93. The van der Waals surface area contributed by atoms with E-state index in [9.17, 15) is 18.8 Å². The molecule has 1 spiro atoms. The molecule has 0 saturated carbocycles. The third-order valence-corrected chi connectivity index (χ3v) is 8.14. The summed E-state index contributed by atoms with van der Waals surface area (Å²) in [4.78, 5) is 49.5. The minimum absolute atomic E-state index is 0.219. The summed E-state index contributed by atoms with van der Waals surface area (Å²) in [6.07, 6.45) is 6.79. The highest BCUT2D eigenvalue weighted by Gasteiger charge is 2.71. The maximum Gasteiger partial charge on any atom is 0.185 e. The molecule has 0 unspecified atom stereocenters. The standard InChI is InChI=1S/C32H21FN2O3/c33-22-13-14-25-20(17-22)12-15-26-32(30(37)23-10-4-5-11-24(23)31(32)38)27(21-9-6-16-34-18-21)28(35(25)26)29(36)19-7-2-1-3-8-19/h1-18,26-28H/t26-,27+,28-/m1/s1. The first-order valence-corrected chi connectivity index (χ1v) is 12.5.